The van der Waals surface area contributed by atoms with Crippen molar-refractivity contribution in [1.29, 1.82) is 0 Å². The van der Waals surface area contributed by atoms with Gasteiger partial charge >= 0.3 is 6.01 Å². The molecule has 1 aromatic carbocycles. The summed E-state index contributed by atoms with van der Waals surface area (Å²) >= 11 is 0. The number of benzene rings is 1. The predicted octanol–water partition coefficient (Wildman–Crippen LogP) is 2.18. The lowest BCUT2D eigenvalue weighted by molar-refractivity contribution is -0.130. The number of piperazine rings is 1. The molecule has 4 rings (SSSR count). The molecule has 0 N–H and O–H groups in total. The average molecular weight is 367 g/mol. The molecular formula is C19H21N5O3. The van der Waals surface area contributed by atoms with E-state index < -0.39 is 0 Å². The summed E-state index contributed by atoms with van der Waals surface area (Å²) < 4.78 is 11.0. The number of carbonyl (C=O) groups is 1. The molecule has 0 unspecified atom stereocenters. The van der Waals surface area contributed by atoms with Crippen LogP contribution in [0.25, 0.3) is 11.3 Å². The first kappa shape index (κ1) is 17.3. The molecule has 1 amide bonds. The zero-order chi connectivity index (χ0) is 18.6. The fraction of sp³-hybridized carbons (Fsp3) is 0.368. The molecule has 27 heavy (non-hydrogen) atoms. The van der Waals surface area contributed by atoms with Crippen molar-refractivity contribution >= 4 is 11.9 Å². The Morgan fingerprint density at radius 2 is 1.89 bits per heavy atom. The molecule has 1 fully saturated rings. The number of nitrogens with zero attached hydrogens (tertiary/aromatic N) is 5. The maximum Gasteiger partial charge on any atom is 0.318 e. The van der Waals surface area contributed by atoms with Crippen molar-refractivity contribution in [3.63, 3.8) is 0 Å². The average Bonchev–Trinajstić information content (AvgIpc) is 3.38. The van der Waals surface area contributed by atoms with Gasteiger partial charge in [-0.2, -0.15) is 0 Å². The lowest BCUT2D eigenvalue weighted by atomic mass is 10.1. The predicted molar refractivity (Wildman–Crippen MR) is 98.1 cm³/mol. The van der Waals surface area contributed by atoms with Crippen molar-refractivity contribution in [1.82, 2.24) is 20.3 Å². The molecule has 0 aliphatic carbocycles. The van der Waals surface area contributed by atoms with E-state index in [-0.39, 0.29) is 12.3 Å². The number of hydrogen-bond acceptors (Lipinski definition) is 7. The molecule has 1 saturated heterocycles. The summed E-state index contributed by atoms with van der Waals surface area (Å²) in [7, 11) is 0. The summed E-state index contributed by atoms with van der Waals surface area (Å²) in [6.45, 7) is 4.55. The molecule has 8 nitrogen and oxygen atoms in total. The van der Waals surface area contributed by atoms with Gasteiger partial charge in [0.2, 0.25) is 11.8 Å². The lowest BCUT2D eigenvalue weighted by Gasteiger charge is -2.33. The van der Waals surface area contributed by atoms with Gasteiger partial charge in [0.05, 0.1) is 12.1 Å². The van der Waals surface area contributed by atoms with Crippen LogP contribution in [0.2, 0.25) is 0 Å². The number of anilines is 1. The Balaban J connectivity index is 1.33. The Labute approximate surface area is 156 Å². The van der Waals surface area contributed by atoms with Crippen molar-refractivity contribution in [2.45, 2.75) is 19.8 Å². The van der Waals surface area contributed by atoms with E-state index >= 15 is 0 Å². The van der Waals surface area contributed by atoms with Gasteiger partial charge in [0, 0.05) is 44.2 Å². The van der Waals surface area contributed by atoms with Gasteiger partial charge < -0.3 is 18.7 Å². The quantitative estimate of drug-likeness (QED) is 0.683. The monoisotopic (exact) mass is 367 g/mol. The van der Waals surface area contributed by atoms with Crippen LogP contribution in [0.5, 0.6) is 0 Å². The maximum absolute atomic E-state index is 12.6. The summed E-state index contributed by atoms with van der Waals surface area (Å²) in [5.74, 6) is 1.34. The van der Waals surface area contributed by atoms with Crippen molar-refractivity contribution in [2.75, 3.05) is 31.1 Å². The standard InChI is InChI=1S/C19H21N5O3/c1-2-17-20-21-19(26-17)24-10-8-23(9-11-24)18(25)13-15-12-16(27-22-15)14-6-4-3-5-7-14/h3-7,12H,2,8-11,13H2,1H3. The van der Waals surface area contributed by atoms with E-state index in [0.29, 0.717) is 56.0 Å². The highest BCUT2D eigenvalue weighted by molar-refractivity contribution is 5.79. The van der Waals surface area contributed by atoms with Gasteiger partial charge in [-0.05, 0) is 0 Å². The molecule has 1 aliphatic heterocycles. The topological polar surface area (TPSA) is 88.5 Å². The van der Waals surface area contributed by atoms with E-state index in [1.54, 1.807) is 0 Å². The Hall–Kier alpha value is -3.16. The second-order valence-electron chi connectivity index (χ2n) is 6.43. The first-order chi connectivity index (χ1) is 13.2. The zero-order valence-corrected chi connectivity index (χ0v) is 15.2. The highest BCUT2D eigenvalue weighted by Gasteiger charge is 2.25. The second kappa shape index (κ2) is 7.61. The van der Waals surface area contributed by atoms with Crippen LogP contribution in [0.1, 0.15) is 18.5 Å². The smallest absolute Gasteiger partial charge is 0.318 e. The molecule has 0 saturated carbocycles. The van der Waals surface area contributed by atoms with E-state index in [0.717, 1.165) is 5.56 Å². The fourth-order valence-corrected chi connectivity index (χ4v) is 3.06. The van der Waals surface area contributed by atoms with E-state index in [1.807, 2.05) is 53.1 Å². The molecule has 3 aromatic rings. The Morgan fingerprint density at radius 3 is 2.59 bits per heavy atom. The zero-order valence-electron chi connectivity index (χ0n) is 15.2. The van der Waals surface area contributed by atoms with Crippen LogP contribution in [-0.4, -0.2) is 52.3 Å². The first-order valence-electron chi connectivity index (χ1n) is 9.09. The molecule has 0 spiro atoms. The number of carbonyl (C=O) groups excluding carboxylic acids is 1. The van der Waals surface area contributed by atoms with Gasteiger partial charge in [-0.25, -0.2) is 0 Å². The molecule has 3 heterocycles. The van der Waals surface area contributed by atoms with Crippen molar-refractivity contribution in [2.24, 2.45) is 0 Å². The minimum Gasteiger partial charge on any atom is -0.408 e. The number of hydrogen-bond donors (Lipinski definition) is 0. The van der Waals surface area contributed by atoms with Gasteiger partial charge in [0.25, 0.3) is 0 Å². The Morgan fingerprint density at radius 1 is 1.11 bits per heavy atom. The molecule has 0 radical (unpaired) electrons. The molecule has 140 valence electrons. The van der Waals surface area contributed by atoms with Crippen LogP contribution in [0, 0.1) is 0 Å². The van der Waals surface area contributed by atoms with Crippen LogP contribution >= 0.6 is 0 Å². The van der Waals surface area contributed by atoms with Crippen LogP contribution in [0.3, 0.4) is 0 Å². The minimum atomic E-state index is 0.0438. The molecule has 8 heteroatoms. The molecule has 0 atom stereocenters. The first-order valence-corrected chi connectivity index (χ1v) is 9.09. The molecule has 0 bridgehead atoms. The van der Waals surface area contributed by atoms with Gasteiger partial charge in [-0.3, -0.25) is 4.79 Å². The van der Waals surface area contributed by atoms with Crippen molar-refractivity contribution < 1.29 is 13.7 Å². The van der Waals surface area contributed by atoms with Gasteiger partial charge in [-0.1, -0.05) is 47.5 Å². The Kier molecular flexibility index (Phi) is 4.86. The molecular weight excluding hydrogens is 346 g/mol. The van der Waals surface area contributed by atoms with Crippen LogP contribution in [0.4, 0.5) is 6.01 Å². The number of amides is 1. The third-order valence-electron chi connectivity index (χ3n) is 4.61. The number of rotatable bonds is 5. The lowest BCUT2D eigenvalue weighted by Crippen LogP contribution is -2.49. The Bertz CT molecular complexity index is 897. The van der Waals surface area contributed by atoms with Crippen LogP contribution < -0.4 is 4.90 Å². The van der Waals surface area contributed by atoms with Gasteiger partial charge in [0.1, 0.15) is 0 Å². The number of aromatic nitrogens is 3. The largest absolute Gasteiger partial charge is 0.408 e. The fourth-order valence-electron chi connectivity index (χ4n) is 3.06. The molecule has 1 aliphatic rings. The maximum atomic E-state index is 12.6. The van der Waals surface area contributed by atoms with Crippen molar-refractivity contribution in [3.8, 4) is 11.3 Å². The third kappa shape index (κ3) is 3.84. The third-order valence-corrected chi connectivity index (χ3v) is 4.61. The summed E-state index contributed by atoms with van der Waals surface area (Å²) in [4.78, 5) is 16.4. The second-order valence-corrected chi connectivity index (χ2v) is 6.43. The van der Waals surface area contributed by atoms with Gasteiger partial charge in [0.15, 0.2) is 5.76 Å². The summed E-state index contributed by atoms with van der Waals surface area (Å²) in [5.41, 5.74) is 1.59. The van der Waals surface area contributed by atoms with E-state index in [4.69, 9.17) is 8.94 Å². The van der Waals surface area contributed by atoms with E-state index in [2.05, 4.69) is 15.4 Å². The highest BCUT2D eigenvalue weighted by atomic mass is 16.5. The molecule has 2 aromatic heterocycles. The van der Waals surface area contributed by atoms with E-state index in [9.17, 15) is 4.79 Å². The van der Waals surface area contributed by atoms with E-state index in [1.165, 1.54) is 0 Å². The summed E-state index contributed by atoms with van der Waals surface area (Å²) in [6.07, 6.45) is 0.949. The van der Waals surface area contributed by atoms with Crippen molar-refractivity contribution in [3.05, 3.63) is 48.0 Å². The van der Waals surface area contributed by atoms with Gasteiger partial charge in [-0.15, -0.1) is 5.10 Å². The van der Waals surface area contributed by atoms with Crippen LogP contribution in [0.15, 0.2) is 45.3 Å². The van der Waals surface area contributed by atoms with Crippen LogP contribution in [-0.2, 0) is 17.6 Å². The minimum absolute atomic E-state index is 0.0438. The SMILES string of the molecule is CCc1nnc(N2CCN(C(=O)Cc3cc(-c4ccccc4)on3)CC2)o1. The normalized spacial score (nSPS) is 14.6. The summed E-state index contributed by atoms with van der Waals surface area (Å²) in [5, 5.41) is 12.1. The summed E-state index contributed by atoms with van der Waals surface area (Å²) in [6, 6.07) is 12.1. The highest BCUT2D eigenvalue weighted by Crippen LogP contribution is 2.20. The number of aryl methyl sites for hydroxylation is 1.